The van der Waals surface area contributed by atoms with Crippen molar-refractivity contribution in [3.05, 3.63) is 68.9 Å². The van der Waals surface area contributed by atoms with Crippen LogP contribution in [0.25, 0.3) is 6.08 Å². The van der Waals surface area contributed by atoms with Gasteiger partial charge in [-0.2, -0.15) is 0 Å². The molecule has 0 aliphatic heterocycles. The maximum atomic E-state index is 11.7. The summed E-state index contributed by atoms with van der Waals surface area (Å²) < 4.78 is 4.79. The van der Waals surface area contributed by atoms with Gasteiger partial charge < -0.3 is 4.42 Å². The summed E-state index contributed by atoms with van der Waals surface area (Å²) in [5.74, 6) is -0.988. The molecule has 0 radical (unpaired) electrons. The van der Waals surface area contributed by atoms with E-state index in [1.807, 2.05) is 0 Å². The maximum absolute atomic E-state index is 11.7. The van der Waals surface area contributed by atoms with E-state index in [1.165, 1.54) is 12.1 Å². The lowest BCUT2D eigenvalue weighted by Crippen LogP contribution is -1.91. The third kappa shape index (κ3) is 3.29. The summed E-state index contributed by atoms with van der Waals surface area (Å²) in [6.07, 6.45) is 2.83. The van der Waals surface area contributed by atoms with Crippen molar-refractivity contribution in [3.63, 3.8) is 0 Å². The number of nitrogens with zero attached hydrogens (tertiary/aromatic N) is 1. The summed E-state index contributed by atoms with van der Waals surface area (Å²) in [5, 5.41) is 11.0. The van der Waals surface area contributed by atoms with Crippen LogP contribution >= 0.6 is 11.6 Å². The van der Waals surface area contributed by atoms with Crippen LogP contribution in [0.4, 0.5) is 5.88 Å². The molecule has 0 aliphatic rings. The number of rotatable bonds is 4. The first-order chi connectivity index (χ1) is 9.06. The first-order valence-electron chi connectivity index (χ1n) is 5.28. The first-order valence-corrected chi connectivity index (χ1v) is 5.66. The summed E-state index contributed by atoms with van der Waals surface area (Å²) in [6, 6.07) is 9.35. The molecule has 6 heteroatoms. The number of carbonyl (C=O) groups is 1. The van der Waals surface area contributed by atoms with Crippen LogP contribution < -0.4 is 0 Å². The van der Waals surface area contributed by atoms with Gasteiger partial charge in [-0.1, -0.05) is 29.8 Å². The van der Waals surface area contributed by atoms with Crippen LogP contribution in [0.1, 0.15) is 16.1 Å². The van der Waals surface area contributed by atoms with Crippen LogP contribution in [0.5, 0.6) is 0 Å². The Morgan fingerprint density at radius 2 is 2.11 bits per heavy atom. The van der Waals surface area contributed by atoms with E-state index < -0.39 is 16.6 Å². The van der Waals surface area contributed by atoms with Crippen LogP contribution in [-0.2, 0) is 0 Å². The van der Waals surface area contributed by atoms with E-state index in [9.17, 15) is 14.9 Å². The lowest BCUT2D eigenvalue weighted by atomic mass is 10.2. The maximum Gasteiger partial charge on any atom is 0.433 e. The molecule has 0 amide bonds. The Morgan fingerprint density at radius 3 is 2.74 bits per heavy atom. The minimum absolute atomic E-state index is 0.0787. The molecule has 0 fully saturated rings. The van der Waals surface area contributed by atoms with Gasteiger partial charge in [0.15, 0.2) is 5.76 Å². The highest BCUT2D eigenvalue weighted by Gasteiger charge is 2.15. The van der Waals surface area contributed by atoms with E-state index in [4.69, 9.17) is 16.0 Å². The molecule has 19 heavy (non-hydrogen) atoms. The summed E-state index contributed by atoms with van der Waals surface area (Å²) in [7, 11) is 0. The summed E-state index contributed by atoms with van der Waals surface area (Å²) >= 11 is 5.80. The third-order valence-corrected chi connectivity index (χ3v) is 2.53. The van der Waals surface area contributed by atoms with Gasteiger partial charge in [-0.25, -0.2) is 0 Å². The molecule has 0 bridgehead atoms. The predicted molar refractivity (Wildman–Crippen MR) is 70.2 cm³/mol. The molecule has 0 N–H and O–H groups in total. The van der Waals surface area contributed by atoms with Crippen molar-refractivity contribution in [1.29, 1.82) is 0 Å². The highest BCUT2D eigenvalue weighted by atomic mass is 35.5. The molecule has 1 aromatic heterocycles. The second-order valence-corrected chi connectivity index (χ2v) is 4.08. The fourth-order valence-electron chi connectivity index (χ4n) is 1.42. The van der Waals surface area contributed by atoms with Gasteiger partial charge in [0.2, 0.25) is 5.78 Å². The summed E-state index contributed by atoms with van der Waals surface area (Å²) in [5.41, 5.74) is 0.752. The van der Waals surface area contributed by atoms with Crippen molar-refractivity contribution in [2.24, 2.45) is 0 Å². The molecule has 5 nitrogen and oxygen atoms in total. The molecule has 0 saturated heterocycles. The Kier molecular flexibility index (Phi) is 3.77. The van der Waals surface area contributed by atoms with Crippen molar-refractivity contribution in [1.82, 2.24) is 0 Å². The number of carbonyl (C=O) groups excluding carboxylic acids is 1. The second kappa shape index (κ2) is 5.49. The van der Waals surface area contributed by atoms with Gasteiger partial charge in [0, 0.05) is 5.02 Å². The van der Waals surface area contributed by atoms with Gasteiger partial charge in [-0.05, 0) is 29.8 Å². The number of allylic oxidation sites excluding steroid dienone is 1. The monoisotopic (exact) mass is 277 g/mol. The molecule has 0 unspecified atom stereocenters. The molecule has 2 rings (SSSR count). The zero-order valence-corrected chi connectivity index (χ0v) is 10.3. The number of furan rings is 1. The third-order valence-electron chi connectivity index (χ3n) is 2.29. The van der Waals surface area contributed by atoms with Gasteiger partial charge in [0.1, 0.15) is 4.92 Å². The van der Waals surface area contributed by atoms with E-state index in [1.54, 1.807) is 30.3 Å². The average Bonchev–Trinajstić information content (AvgIpc) is 2.86. The summed E-state index contributed by atoms with van der Waals surface area (Å²) in [4.78, 5) is 21.4. The Morgan fingerprint density at radius 1 is 1.32 bits per heavy atom. The van der Waals surface area contributed by atoms with Gasteiger partial charge in [-0.3, -0.25) is 14.9 Å². The van der Waals surface area contributed by atoms with Crippen molar-refractivity contribution in [3.8, 4) is 0 Å². The Bertz CT molecular complexity index is 660. The second-order valence-electron chi connectivity index (χ2n) is 3.65. The predicted octanol–water partition coefficient (Wildman–Crippen LogP) is 3.74. The number of nitro groups is 1. The number of hydrogen-bond donors (Lipinski definition) is 0. The topological polar surface area (TPSA) is 73.3 Å². The smallest absolute Gasteiger partial charge is 0.397 e. The van der Waals surface area contributed by atoms with E-state index in [0.29, 0.717) is 5.02 Å². The summed E-state index contributed by atoms with van der Waals surface area (Å²) in [6.45, 7) is 0. The highest BCUT2D eigenvalue weighted by molar-refractivity contribution is 6.30. The average molecular weight is 278 g/mol. The fraction of sp³-hybridized carbons (Fsp3) is 0. The first kappa shape index (κ1) is 13.0. The number of ketones is 1. The van der Waals surface area contributed by atoms with E-state index in [-0.39, 0.29) is 5.76 Å². The molecule has 1 aromatic carbocycles. The lowest BCUT2D eigenvalue weighted by molar-refractivity contribution is -0.402. The molecule has 2 aromatic rings. The molecular weight excluding hydrogens is 270 g/mol. The van der Waals surface area contributed by atoms with E-state index in [0.717, 1.165) is 11.6 Å². The highest BCUT2D eigenvalue weighted by Crippen LogP contribution is 2.17. The van der Waals surface area contributed by atoms with Crippen molar-refractivity contribution in [2.75, 3.05) is 0 Å². The quantitative estimate of drug-likeness (QED) is 0.369. The van der Waals surface area contributed by atoms with Gasteiger partial charge in [0.25, 0.3) is 0 Å². The van der Waals surface area contributed by atoms with Crippen molar-refractivity contribution < 1.29 is 14.1 Å². The SMILES string of the molecule is O=C(C=Cc1cccc(Cl)c1)c1ccc([N+](=O)[O-])o1. The van der Waals surface area contributed by atoms with Gasteiger partial charge in [0.05, 0.1) is 6.07 Å². The number of halogens is 1. The van der Waals surface area contributed by atoms with Gasteiger partial charge >= 0.3 is 5.88 Å². The molecule has 0 atom stereocenters. The Labute approximate surface area is 113 Å². The van der Waals surface area contributed by atoms with Crippen LogP contribution in [0.15, 0.2) is 46.9 Å². The fourth-order valence-corrected chi connectivity index (χ4v) is 1.62. The van der Waals surface area contributed by atoms with Crippen molar-refractivity contribution in [2.45, 2.75) is 0 Å². The van der Waals surface area contributed by atoms with Crippen molar-refractivity contribution >= 4 is 29.3 Å². The van der Waals surface area contributed by atoms with Crippen LogP contribution in [0.3, 0.4) is 0 Å². The Hall–Kier alpha value is -2.40. The molecule has 0 aliphatic carbocycles. The molecule has 0 spiro atoms. The van der Waals surface area contributed by atoms with E-state index >= 15 is 0 Å². The van der Waals surface area contributed by atoms with Gasteiger partial charge in [-0.15, -0.1) is 0 Å². The zero-order valence-electron chi connectivity index (χ0n) is 9.58. The van der Waals surface area contributed by atoms with Crippen LogP contribution in [0, 0.1) is 10.1 Å². The molecular formula is C13H8ClNO4. The largest absolute Gasteiger partial charge is 0.433 e. The zero-order chi connectivity index (χ0) is 13.8. The number of hydrogen-bond acceptors (Lipinski definition) is 4. The number of benzene rings is 1. The molecule has 0 saturated carbocycles. The van der Waals surface area contributed by atoms with Crippen LogP contribution in [-0.4, -0.2) is 10.7 Å². The lowest BCUT2D eigenvalue weighted by Gasteiger charge is -1.93. The normalized spacial score (nSPS) is 10.8. The molecule has 96 valence electrons. The minimum atomic E-state index is -0.697. The Balaban J connectivity index is 2.14. The minimum Gasteiger partial charge on any atom is -0.397 e. The molecule has 1 heterocycles. The van der Waals surface area contributed by atoms with Crippen LogP contribution in [0.2, 0.25) is 5.02 Å². The van der Waals surface area contributed by atoms with E-state index in [2.05, 4.69) is 0 Å². The standard InChI is InChI=1S/C13H8ClNO4/c14-10-3-1-2-9(8-10)4-5-11(16)12-6-7-13(19-12)15(17)18/h1-8H.